The Labute approximate surface area is 223 Å². The van der Waals surface area contributed by atoms with E-state index in [4.69, 9.17) is 27.9 Å². The highest BCUT2D eigenvalue weighted by Gasteiger charge is 2.30. The van der Waals surface area contributed by atoms with E-state index in [0.29, 0.717) is 28.8 Å². The average molecular weight is 611 g/mol. The van der Waals surface area contributed by atoms with E-state index in [2.05, 4.69) is 27.9 Å². The van der Waals surface area contributed by atoms with Gasteiger partial charge in [-0.15, -0.1) is 0 Å². The van der Waals surface area contributed by atoms with Crippen molar-refractivity contribution in [1.29, 1.82) is 0 Å². The fourth-order valence-electron chi connectivity index (χ4n) is 3.44. The molecule has 3 aromatic carbocycles. The van der Waals surface area contributed by atoms with Gasteiger partial charge in [0.25, 0.3) is 5.91 Å². The van der Waals surface area contributed by atoms with Gasteiger partial charge in [0.1, 0.15) is 11.8 Å². The quantitative estimate of drug-likeness (QED) is 0.297. The number of nitrogens with one attached hydrogen (secondary N) is 1. The molecule has 0 aromatic heterocycles. The van der Waals surface area contributed by atoms with E-state index in [0.717, 1.165) is 14.7 Å². The van der Waals surface area contributed by atoms with Crippen LogP contribution in [0.1, 0.15) is 18.1 Å². The van der Waals surface area contributed by atoms with Gasteiger partial charge in [0.2, 0.25) is 5.91 Å². The van der Waals surface area contributed by atoms with Crippen molar-refractivity contribution in [3.63, 3.8) is 0 Å². The first-order chi connectivity index (χ1) is 16.4. The van der Waals surface area contributed by atoms with Crippen LogP contribution in [-0.4, -0.2) is 35.9 Å². The van der Waals surface area contributed by atoms with Crippen molar-refractivity contribution < 1.29 is 14.3 Å². The molecule has 3 rings (SSSR count). The molecule has 3 aromatic rings. The van der Waals surface area contributed by atoms with Crippen molar-refractivity contribution in [3.05, 3.63) is 97.5 Å². The number of benzene rings is 3. The van der Waals surface area contributed by atoms with Crippen LogP contribution in [0.15, 0.2) is 72.8 Å². The number of halogens is 3. The minimum Gasteiger partial charge on any atom is -0.484 e. The first-order valence-electron chi connectivity index (χ1n) is 10.8. The molecule has 0 saturated heterocycles. The van der Waals surface area contributed by atoms with E-state index in [1.807, 2.05) is 61.5 Å². The van der Waals surface area contributed by atoms with Crippen LogP contribution in [0.3, 0.4) is 0 Å². The maximum atomic E-state index is 13.4. The maximum Gasteiger partial charge on any atom is 0.261 e. The summed E-state index contributed by atoms with van der Waals surface area (Å²) in [7, 11) is 0. The summed E-state index contributed by atoms with van der Waals surface area (Å²) in [5, 5.41) is 3.68. The number of amides is 2. The van der Waals surface area contributed by atoms with Crippen LogP contribution >= 0.6 is 45.8 Å². The van der Waals surface area contributed by atoms with Gasteiger partial charge in [-0.1, -0.05) is 59.6 Å². The molecule has 0 saturated carbocycles. The molecule has 2 amide bonds. The lowest BCUT2D eigenvalue weighted by atomic mass is 10.0. The minimum absolute atomic E-state index is 0.181. The van der Waals surface area contributed by atoms with Crippen LogP contribution in [0.5, 0.6) is 5.75 Å². The summed E-state index contributed by atoms with van der Waals surface area (Å²) in [5.74, 6) is 0.0479. The summed E-state index contributed by atoms with van der Waals surface area (Å²) >= 11 is 14.5. The van der Waals surface area contributed by atoms with E-state index in [1.165, 1.54) is 0 Å². The molecule has 1 N–H and O–H groups in total. The second kappa shape index (κ2) is 13.0. The van der Waals surface area contributed by atoms with E-state index < -0.39 is 6.04 Å². The monoisotopic (exact) mass is 610 g/mol. The molecule has 178 valence electrons. The SMILES string of the molecule is CCNC(=O)C(Cc1ccccc1)N(Cc1ccc(Cl)c(Cl)c1)C(=O)COc1ccc(I)cc1. The number of ether oxygens (including phenoxy) is 1. The molecule has 1 unspecified atom stereocenters. The van der Waals surface area contributed by atoms with Crippen molar-refractivity contribution in [2.45, 2.75) is 25.9 Å². The molecular weight excluding hydrogens is 586 g/mol. The molecule has 0 aliphatic carbocycles. The van der Waals surface area contributed by atoms with Gasteiger partial charge in [0.05, 0.1) is 10.0 Å². The Morgan fingerprint density at radius 1 is 0.971 bits per heavy atom. The van der Waals surface area contributed by atoms with Gasteiger partial charge in [0, 0.05) is 23.1 Å². The maximum absolute atomic E-state index is 13.4. The van der Waals surface area contributed by atoms with Gasteiger partial charge in [-0.2, -0.15) is 0 Å². The molecular formula is C26H25Cl2IN2O3. The highest BCUT2D eigenvalue weighted by molar-refractivity contribution is 14.1. The first kappa shape index (κ1) is 26.3. The second-order valence-electron chi connectivity index (χ2n) is 7.61. The summed E-state index contributed by atoms with van der Waals surface area (Å²) in [6, 6.07) is 21.5. The Morgan fingerprint density at radius 3 is 2.32 bits per heavy atom. The fraction of sp³-hybridized carbons (Fsp3) is 0.231. The second-order valence-corrected chi connectivity index (χ2v) is 9.67. The molecule has 0 bridgehead atoms. The Kier molecular flexibility index (Phi) is 10.0. The molecule has 5 nitrogen and oxygen atoms in total. The van der Waals surface area contributed by atoms with Crippen LogP contribution in [0.2, 0.25) is 10.0 Å². The van der Waals surface area contributed by atoms with Crippen molar-refractivity contribution in [1.82, 2.24) is 10.2 Å². The topological polar surface area (TPSA) is 58.6 Å². The van der Waals surface area contributed by atoms with E-state index in [-0.39, 0.29) is 25.0 Å². The molecule has 0 spiro atoms. The van der Waals surface area contributed by atoms with E-state index in [9.17, 15) is 9.59 Å². The van der Waals surface area contributed by atoms with E-state index in [1.54, 1.807) is 23.1 Å². The minimum atomic E-state index is -0.732. The van der Waals surface area contributed by atoms with Crippen LogP contribution in [0, 0.1) is 3.57 Å². The lowest BCUT2D eigenvalue weighted by molar-refractivity contribution is -0.142. The predicted octanol–water partition coefficient (Wildman–Crippen LogP) is 5.75. The Bertz CT molecular complexity index is 1110. The van der Waals surface area contributed by atoms with Crippen molar-refractivity contribution >= 4 is 57.6 Å². The summed E-state index contributed by atoms with van der Waals surface area (Å²) in [6.07, 6.45) is 0.364. The number of nitrogens with zero attached hydrogens (tertiary/aromatic N) is 1. The molecule has 1 atom stereocenters. The third-order valence-electron chi connectivity index (χ3n) is 5.13. The highest BCUT2D eigenvalue weighted by Crippen LogP contribution is 2.24. The van der Waals surface area contributed by atoms with Crippen LogP contribution in [-0.2, 0) is 22.6 Å². The van der Waals surface area contributed by atoms with Gasteiger partial charge in [0.15, 0.2) is 6.61 Å². The zero-order chi connectivity index (χ0) is 24.5. The normalized spacial score (nSPS) is 11.5. The summed E-state index contributed by atoms with van der Waals surface area (Å²) in [5.41, 5.74) is 1.71. The number of rotatable bonds is 10. The molecule has 34 heavy (non-hydrogen) atoms. The van der Waals surface area contributed by atoms with Crippen molar-refractivity contribution in [2.24, 2.45) is 0 Å². The summed E-state index contributed by atoms with van der Waals surface area (Å²) in [6.45, 7) is 2.29. The third kappa shape index (κ3) is 7.61. The lowest BCUT2D eigenvalue weighted by Crippen LogP contribution is -2.51. The zero-order valence-electron chi connectivity index (χ0n) is 18.6. The molecule has 0 radical (unpaired) electrons. The Balaban J connectivity index is 1.90. The van der Waals surface area contributed by atoms with Gasteiger partial charge in [-0.3, -0.25) is 9.59 Å². The number of hydrogen-bond donors (Lipinski definition) is 1. The van der Waals surface area contributed by atoms with Crippen LogP contribution in [0.25, 0.3) is 0 Å². The lowest BCUT2D eigenvalue weighted by Gasteiger charge is -2.31. The number of hydrogen-bond acceptors (Lipinski definition) is 3. The van der Waals surface area contributed by atoms with Crippen LogP contribution < -0.4 is 10.1 Å². The number of carbonyl (C=O) groups is 2. The average Bonchev–Trinajstić information content (AvgIpc) is 2.83. The molecule has 0 aliphatic rings. The smallest absolute Gasteiger partial charge is 0.261 e. The number of carbonyl (C=O) groups excluding carboxylic acids is 2. The van der Waals surface area contributed by atoms with Crippen molar-refractivity contribution in [2.75, 3.05) is 13.2 Å². The summed E-state index contributed by atoms with van der Waals surface area (Å²) < 4.78 is 6.82. The highest BCUT2D eigenvalue weighted by atomic mass is 127. The number of likely N-dealkylation sites (N-methyl/N-ethyl adjacent to an activating group) is 1. The molecule has 0 heterocycles. The van der Waals surface area contributed by atoms with Crippen molar-refractivity contribution in [3.8, 4) is 5.75 Å². The Morgan fingerprint density at radius 2 is 1.68 bits per heavy atom. The first-order valence-corrected chi connectivity index (χ1v) is 12.6. The van der Waals surface area contributed by atoms with Gasteiger partial charge in [-0.25, -0.2) is 0 Å². The molecule has 8 heteroatoms. The predicted molar refractivity (Wildman–Crippen MR) is 144 cm³/mol. The van der Waals surface area contributed by atoms with Crippen LogP contribution in [0.4, 0.5) is 0 Å². The van der Waals surface area contributed by atoms with Gasteiger partial charge < -0.3 is 15.0 Å². The van der Waals surface area contributed by atoms with Gasteiger partial charge >= 0.3 is 0 Å². The van der Waals surface area contributed by atoms with Gasteiger partial charge in [-0.05, 0) is 77.0 Å². The largest absolute Gasteiger partial charge is 0.484 e. The fourth-order valence-corrected chi connectivity index (χ4v) is 4.12. The standard InChI is InChI=1S/C26H25Cl2IN2O3/c1-2-30-26(33)24(15-18-6-4-3-5-7-18)31(16-19-8-13-22(27)23(28)14-19)25(32)17-34-21-11-9-20(29)10-12-21/h3-14,24H,2,15-17H2,1H3,(H,30,33). The van der Waals surface area contributed by atoms with E-state index >= 15 is 0 Å². The summed E-state index contributed by atoms with van der Waals surface area (Å²) in [4.78, 5) is 28.1. The Hall–Kier alpha value is -2.29. The molecule has 0 aliphatic heterocycles. The zero-order valence-corrected chi connectivity index (χ0v) is 22.3. The molecule has 0 fully saturated rings. The third-order valence-corrected chi connectivity index (χ3v) is 6.59.